The zero-order valence-electron chi connectivity index (χ0n) is 4.16. The fraction of sp³-hybridized carbons (Fsp3) is 0. The van der Waals surface area contributed by atoms with Gasteiger partial charge in [-0.05, 0) is 0 Å². The van der Waals surface area contributed by atoms with Gasteiger partial charge in [0.1, 0.15) is 0 Å². The molecule has 5 heteroatoms. The van der Waals surface area contributed by atoms with E-state index in [4.69, 9.17) is 5.11 Å². The lowest BCUT2D eigenvalue weighted by Gasteiger charge is -1.78. The molecule has 0 saturated heterocycles. The maximum atomic E-state index is 10.1. The fourth-order valence-electron chi connectivity index (χ4n) is 0.343. The molecule has 1 amide bonds. The first-order valence-electron chi connectivity index (χ1n) is 2.03. The highest BCUT2D eigenvalue weighted by Gasteiger charge is 2.14. The molecule has 1 rings (SSSR count). The van der Waals surface area contributed by atoms with Gasteiger partial charge in [-0.2, -0.15) is 0 Å². The monoisotopic (exact) mass is 125 g/mol. The van der Waals surface area contributed by atoms with Crippen molar-refractivity contribution in [3.8, 4) is 0 Å². The molecule has 1 radical (unpaired) electrons. The molecular formula is C4HN2O3. The van der Waals surface area contributed by atoms with Gasteiger partial charge in [0, 0.05) is 0 Å². The molecule has 0 saturated carbocycles. The van der Waals surface area contributed by atoms with Crippen LogP contribution in [0, 0.1) is 6.08 Å². The van der Waals surface area contributed by atoms with Crippen molar-refractivity contribution in [3.63, 3.8) is 0 Å². The maximum absolute atomic E-state index is 10.1. The Labute approximate surface area is 49.7 Å². The van der Waals surface area contributed by atoms with Crippen LogP contribution in [0.25, 0.3) is 0 Å². The maximum Gasteiger partial charge on any atom is 0.357 e. The first kappa shape index (κ1) is 5.61. The molecule has 1 aliphatic heterocycles. The van der Waals surface area contributed by atoms with Crippen molar-refractivity contribution in [3.05, 3.63) is 11.8 Å². The minimum atomic E-state index is -1.29. The van der Waals surface area contributed by atoms with Crippen LogP contribution in [-0.2, 0) is 9.59 Å². The molecule has 5 nitrogen and oxygen atoms in total. The molecule has 0 spiro atoms. The molecule has 1 heterocycles. The Kier molecular flexibility index (Phi) is 1.11. The number of nitrogens with zero attached hydrogens (tertiary/aromatic N) is 2. The Bertz CT molecular complexity index is 228. The second-order valence-electron chi connectivity index (χ2n) is 1.28. The molecule has 1 N–H and O–H groups in total. The van der Waals surface area contributed by atoms with E-state index in [9.17, 15) is 9.59 Å². The first-order chi connectivity index (χ1) is 4.20. The van der Waals surface area contributed by atoms with Crippen LogP contribution in [0.4, 0.5) is 0 Å². The van der Waals surface area contributed by atoms with Gasteiger partial charge in [0.25, 0.3) is 5.91 Å². The van der Waals surface area contributed by atoms with E-state index >= 15 is 0 Å². The summed E-state index contributed by atoms with van der Waals surface area (Å²) >= 11 is 0. The van der Waals surface area contributed by atoms with Crippen molar-refractivity contribution < 1.29 is 14.7 Å². The van der Waals surface area contributed by atoms with Crippen molar-refractivity contribution in [1.82, 2.24) is 0 Å². The van der Waals surface area contributed by atoms with Crippen LogP contribution in [0.5, 0.6) is 0 Å². The van der Waals surface area contributed by atoms with Gasteiger partial charge in [-0.1, -0.05) is 0 Å². The number of carbonyl (C=O) groups is 2. The predicted molar refractivity (Wildman–Crippen MR) is 24.3 cm³/mol. The number of amides is 1. The highest BCUT2D eigenvalue weighted by Crippen LogP contribution is 2.04. The first-order valence-corrected chi connectivity index (χ1v) is 2.03. The third-order valence-electron chi connectivity index (χ3n) is 0.669. The molecular weight excluding hydrogens is 124 g/mol. The average molecular weight is 125 g/mol. The predicted octanol–water partition coefficient (Wildman–Crippen LogP) is -0.250. The lowest BCUT2D eigenvalue weighted by atomic mass is 10.4. The van der Waals surface area contributed by atoms with Crippen molar-refractivity contribution in [2.45, 2.75) is 0 Å². The molecule has 0 fully saturated rings. The van der Waals surface area contributed by atoms with Gasteiger partial charge in [-0.25, -0.2) is 4.79 Å². The van der Waals surface area contributed by atoms with E-state index in [2.05, 4.69) is 10.2 Å². The van der Waals surface area contributed by atoms with Crippen LogP contribution in [0.1, 0.15) is 0 Å². The second-order valence-corrected chi connectivity index (χ2v) is 1.28. The number of rotatable bonds is 1. The quantitative estimate of drug-likeness (QED) is 0.524. The van der Waals surface area contributed by atoms with Crippen molar-refractivity contribution in [2.75, 3.05) is 0 Å². The van der Waals surface area contributed by atoms with Crippen LogP contribution in [0.15, 0.2) is 15.9 Å². The Morgan fingerprint density at radius 2 is 2.22 bits per heavy atom. The summed E-state index contributed by atoms with van der Waals surface area (Å²) in [5.74, 6) is -2.03. The molecule has 0 aromatic carbocycles. The van der Waals surface area contributed by atoms with E-state index < -0.39 is 17.6 Å². The number of carboxylic acids is 1. The Morgan fingerprint density at radius 3 is 2.44 bits per heavy atom. The van der Waals surface area contributed by atoms with Gasteiger partial charge in [0.2, 0.25) is 0 Å². The molecule has 1 aliphatic rings. The van der Waals surface area contributed by atoms with Crippen LogP contribution in [0.2, 0.25) is 0 Å². The number of carboxylic acid groups (broad SMARTS) is 1. The molecule has 0 aliphatic carbocycles. The third-order valence-corrected chi connectivity index (χ3v) is 0.669. The SMILES string of the molecule is O=C1[C]=C(C(=O)O)N=N1. The summed E-state index contributed by atoms with van der Waals surface area (Å²) in [6, 6.07) is 0. The van der Waals surface area contributed by atoms with E-state index in [1.807, 2.05) is 6.08 Å². The highest BCUT2D eigenvalue weighted by molar-refractivity contribution is 5.96. The Balaban J connectivity index is 2.88. The molecule has 0 aromatic rings. The lowest BCUT2D eigenvalue weighted by molar-refractivity contribution is -0.132. The standard InChI is InChI=1S/C4HN2O3/c7-3-1-2(4(8)9)5-6-3/h(H,8,9). The van der Waals surface area contributed by atoms with E-state index in [-0.39, 0.29) is 0 Å². The summed E-state index contributed by atoms with van der Waals surface area (Å²) in [7, 11) is 0. The number of azo groups is 1. The number of aliphatic carboxylic acids is 1. The third kappa shape index (κ3) is 0.987. The smallest absolute Gasteiger partial charge is 0.357 e. The van der Waals surface area contributed by atoms with E-state index in [1.54, 1.807) is 0 Å². The molecule has 0 aromatic heterocycles. The number of carbonyl (C=O) groups excluding carboxylic acids is 1. The van der Waals surface area contributed by atoms with Crippen molar-refractivity contribution >= 4 is 11.9 Å². The summed E-state index contributed by atoms with van der Waals surface area (Å²) in [4.78, 5) is 20.0. The van der Waals surface area contributed by atoms with Crippen LogP contribution in [-0.4, -0.2) is 17.0 Å². The number of hydrogen-bond acceptors (Lipinski definition) is 3. The topological polar surface area (TPSA) is 79.1 Å². The summed E-state index contributed by atoms with van der Waals surface area (Å²) in [6.45, 7) is 0. The van der Waals surface area contributed by atoms with Crippen LogP contribution in [0.3, 0.4) is 0 Å². The lowest BCUT2D eigenvalue weighted by Crippen LogP contribution is -1.95. The van der Waals surface area contributed by atoms with Crippen molar-refractivity contribution in [1.29, 1.82) is 0 Å². The van der Waals surface area contributed by atoms with Gasteiger partial charge in [-0.15, -0.1) is 10.2 Å². The molecule has 0 atom stereocenters. The zero-order valence-corrected chi connectivity index (χ0v) is 4.16. The summed E-state index contributed by atoms with van der Waals surface area (Å²) in [6.07, 6.45) is 1.90. The molecule has 0 unspecified atom stereocenters. The number of hydrogen-bond donors (Lipinski definition) is 1. The summed E-state index contributed by atoms with van der Waals surface area (Å²) in [5, 5.41) is 14.0. The average Bonchev–Trinajstić information content (AvgIpc) is 2.14. The molecule has 0 bridgehead atoms. The van der Waals surface area contributed by atoms with Gasteiger partial charge >= 0.3 is 5.97 Å². The van der Waals surface area contributed by atoms with Gasteiger partial charge in [0.05, 0.1) is 6.08 Å². The van der Waals surface area contributed by atoms with Crippen LogP contribution >= 0.6 is 0 Å². The van der Waals surface area contributed by atoms with Crippen LogP contribution < -0.4 is 0 Å². The van der Waals surface area contributed by atoms with E-state index in [1.165, 1.54) is 0 Å². The minimum Gasteiger partial charge on any atom is -0.476 e. The normalized spacial score (nSPS) is 16.0. The van der Waals surface area contributed by atoms with Gasteiger partial charge in [-0.3, -0.25) is 4.79 Å². The summed E-state index contributed by atoms with van der Waals surface area (Å²) in [5.41, 5.74) is -0.431. The van der Waals surface area contributed by atoms with Gasteiger partial charge in [0.15, 0.2) is 5.70 Å². The largest absolute Gasteiger partial charge is 0.476 e. The summed E-state index contributed by atoms with van der Waals surface area (Å²) < 4.78 is 0. The fourth-order valence-corrected chi connectivity index (χ4v) is 0.343. The Hall–Kier alpha value is -1.52. The van der Waals surface area contributed by atoms with Crippen molar-refractivity contribution in [2.24, 2.45) is 10.2 Å². The second kappa shape index (κ2) is 1.77. The van der Waals surface area contributed by atoms with Gasteiger partial charge < -0.3 is 5.11 Å². The highest BCUT2D eigenvalue weighted by atomic mass is 16.4. The van der Waals surface area contributed by atoms with E-state index in [0.717, 1.165) is 0 Å². The minimum absolute atomic E-state index is 0.431. The zero-order chi connectivity index (χ0) is 6.85. The molecule has 9 heavy (non-hydrogen) atoms. The molecule has 45 valence electrons. The Morgan fingerprint density at radius 1 is 1.56 bits per heavy atom. The van der Waals surface area contributed by atoms with E-state index in [0.29, 0.717) is 0 Å².